The van der Waals surface area contributed by atoms with Crippen LogP contribution in [0.5, 0.6) is 5.75 Å². The molecule has 0 aliphatic rings. The van der Waals surface area contributed by atoms with Crippen LogP contribution in [0.15, 0.2) is 59.7 Å². The van der Waals surface area contributed by atoms with Gasteiger partial charge in [-0.05, 0) is 42.0 Å². The summed E-state index contributed by atoms with van der Waals surface area (Å²) in [5.74, 6) is -0.443. The first kappa shape index (κ1) is 21.3. The number of benzene rings is 2. The third-order valence-corrected chi connectivity index (χ3v) is 4.35. The number of nitrogens with zero attached hydrogens (tertiary/aromatic N) is 5. The van der Waals surface area contributed by atoms with E-state index in [-0.39, 0.29) is 29.0 Å². The molecule has 2 aromatic heterocycles. The monoisotopic (exact) mass is 455 g/mol. The molecule has 0 aliphatic heterocycles. The van der Waals surface area contributed by atoms with E-state index in [9.17, 15) is 31.1 Å². The first-order chi connectivity index (χ1) is 15.0. The van der Waals surface area contributed by atoms with Gasteiger partial charge in [-0.15, -0.1) is 18.3 Å². The zero-order valence-electron chi connectivity index (χ0n) is 15.7. The summed E-state index contributed by atoms with van der Waals surface area (Å²) in [5, 5.41) is 7.57. The molecule has 0 amide bonds. The summed E-state index contributed by atoms with van der Waals surface area (Å²) in [7, 11) is 0. The highest BCUT2D eigenvalue weighted by Gasteiger charge is 2.31. The van der Waals surface area contributed by atoms with Gasteiger partial charge in [0.1, 0.15) is 12.1 Å². The van der Waals surface area contributed by atoms with Crippen LogP contribution in [-0.4, -0.2) is 30.9 Å². The summed E-state index contributed by atoms with van der Waals surface area (Å²) in [5.41, 5.74) is -1.12. The third-order valence-electron chi connectivity index (χ3n) is 4.35. The Kier molecular flexibility index (Phi) is 5.11. The summed E-state index contributed by atoms with van der Waals surface area (Å²) in [6.07, 6.45) is -8.23. The average molecular weight is 455 g/mol. The standard InChI is InChI=1S/C19H11F6N5O2/c20-18(21,22)12-3-1-2-11(8-12)9-29-10-26-16-15(17(29)31)27-28-30(16)13-4-6-14(7-5-13)32-19(23,24)25/h1-8,10H,9H2. The highest BCUT2D eigenvalue weighted by atomic mass is 19.4. The summed E-state index contributed by atoms with van der Waals surface area (Å²) >= 11 is 0. The molecular formula is C19H11F6N5O2. The third kappa shape index (κ3) is 4.40. The fourth-order valence-electron chi connectivity index (χ4n) is 2.96. The van der Waals surface area contributed by atoms with Crippen LogP contribution in [0.3, 0.4) is 0 Å². The van der Waals surface area contributed by atoms with Gasteiger partial charge in [-0.2, -0.15) is 17.9 Å². The van der Waals surface area contributed by atoms with Gasteiger partial charge in [-0.1, -0.05) is 17.3 Å². The van der Waals surface area contributed by atoms with E-state index in [4.69, 9.17) is 0 Å². The number of ether oxygens (including phenoxy) is 1. The van der Waals surface area contributed by atoms with E-state index >= 15 is 0 Å². The largest absolute Gasteiger partial charge is 0.573 e. The minimum Gasteiger partial charge on any atom is -0.406 e. The first-order valence-corrected chi connectivity index (χ1v) is 8.84. The second-order valence-corrected chi connectivity index (χ2v) is 6.59. The summed E-state index contributed by atoms with van der Waals surface area (Å²) in [4.78, 5) is 16.8. The molecule has 0 saturated heterocycles. The fraction of sp³-hybridized carbons (Fsp3) is 0.158. The van der Waals surface area contributed by atoms with Crippen molar-refractivity contribution in [3.05, 3.63) is 76.3 Å². The number of fused-ring (bicyclic) bond motifs is 1. The lowest BCUT2D eigenvalue weighted by Gasteiger charge is -2.10. The number of aromatic nitrogens is 5. The lowest BCUT2D eigenvalue weighted by atomic mass is 10.1. The maximum atomic E-state index is 12.9. The minimum absolute atomic E-state index is 0.0276. The maximum Gasteiger partial charge on any atom is 0.573 e. The molecule has 0 atom stereocenters. The molecular weight excluding hydrogens is 444 g/mol. The second kappa shape index (κ2) is 7.66. The average Bonchev–Trinajstić information content (AvgIpc) is 3.14. The zero-order valence-corrected chi connectivity index (χ0v) is 15.7. The molecule has 0 unspecified atom stereocenters. The molecule has 166 valence electrons. The Labute approximate surface area is 174 Å². The summed E-state index contributed by atoms with van der Waals surface area (Å²) < 4.78 is 81.6. The number of rotatable bonds is 4. The molecule has 0 radical (unpaired) electrons. The number of hydrogen-bond acceptors (Lipinski definition) is 5. The van der Waals surface area contributed by atoms with E-state index in [1.807, 2.05) is 0 Å². The molecule has 0 N–H and O–H groups in total. The van der Waals surface area contributed by atoms with Gasteiger partial charge in [0.25, 0.3) is 5.56 Å². The quantitative estimate of drug-likeness (QED) is 0.436. The molecule has 4 rings (SSSR count). The van der Waals surface area contributed by atoms with Gasteiger partial charge >= 0.3 is 12.5 Å². The lowest BCUT2D eigenvalue weighted by molar-refractivity contribution is -0.274. The van der Waals surface area contributed by atoms with Crippen LogP contribution in [0.25, 0.3) is 16.9 Å². The SMILES string of the molecule is O=c1c2nnn(-c3ccc(OC(F)(F)F)cc3)c2ncn1Cc1cccc(C(F)(F)F)c1. The summed E-state index contributed by atoms with van der Waals surface area (Å²) in [6, 6.07) is 9.18. The Balaban J connectivity index is 1.64. The zero-order chi connectivity index (χ0) is 23.1. The molecule has 13 heteroatoms. The number of hydrogen-bond donors (Lipinski definition) is 0. The Morgan fingerprint density at radius 3 is 2.34 bits per heavy atom. The minimum atomic E-state index is -4.84. The van der Waals surface area contributed by atoms with E-state index in [1.165, 1.54) is 24.3 Å². The molecule has 32 heavy (non-hydrogen) atoms. The van der Waals surface area contributed by atoms with Crippen molar-refractivity contribution >= 4 is 11.2 Å². The lowest BCUT2D eigenvalue weighted by Crippen LogP contribution is -2.21. The van der Waals surface area contributed by atoms with Gasteiger partial charge in [0.2, 0.25) is 0 Å². The van der Waals surface area contributed by atoms with Gasteiger partial charge in [0.15, 0.2) is 11.2 Å². The van der Waals surface area contributed by atoms with E-state index in [2.05, 4.69) is 20.0 Å². The Morgan fingerprint density at radius 1 is 0.969 bits per heavy atom. The molecule has 0 saturated carbocycles. The van der Waals surface area contributed by atoms with E-state index in [0.29, 0.717) is 0 Å². The number of halogens is 6. The highest BCUT2D eigenvalue weighted by Crippen LogP contribution is 2.29. The number of alkyl halides is 6. The molecule has 7 nitrogen and oxygen atoms in total. The van der Waals surface area contributed by atoms with Crippen LogP contribution in [-0.2, 0) is 12.7 Å². The topological polar surface area (TPSA) is 74.8 Å². The predicted octanol–water partition coefficient (Wildman–Crippen LogP) is 3.94. The Hall–Kier alpha value is -3.90. The van der Waals surface area contributed by atoms with Crippen molar-refractivity contribution in [3.63, 3.8) is 0 Å². The molecule has 0 spiro atoms. The Morgan fingerprint density at radius 2 is 1.69 bits per heavy atom. The van der Waals surface area contributed by atoms with Crippen molar-refractivity contribution in [2.24, 2.45) is 0 Å². The smallest absolute Gasteiger partial charge is 0.406 e. The van der Waals surface area contributed by atoms with Crippen molar-refractivity contribution in [2.45, 2.75) is 19.1 Å². The summed E-state index contributed by atoms with van der Waals surface area (Å²) in [6.45, 7) is -0.179. The molecule has 0 bridgehead atoms. The predicted molar refractivity (Wildman–Crippen MR) is 98.1 cm³/mol. The van der Waals surface area contributed by atoms with Crippen LogP contribution >= 0.6 is 0 Å². The normalized spacial score (nSPS) is 12.3. The molecule has 2 heterocycles. The van der Waals surface area contributed by atoms with Crippen LogP contribution in [0.4, 0.5) is 26.3 Å². The van der Waals surface area contributed by atoms with Gasteiger partial charge < -0.3 is 4.74 Å². The van der Waals surface area contributed by atoms with Gasteiger partial charge in [-0.25, -0.2) is 4.98 Å². The molecule has 0 aliphatic carbocycles. The van der Waals surface area contributed by atoms with Crippen molar-refractivity contribution in [3.8, 4) is 11.4 Å². The van der Waals surface area contributed by atoms with Crippen LogP contribution in [0, 0.1) is 0 Å². The molecule has 4 aromatic rings. The van der Waals surface area contributed by atoms with Gasteiger partial charge in [-0.3, -0.25) is 9.36 Å². The van der Waals surface area contributed by atoms with Crippen LogP contribution in [0.1, 0.15) is 11.1 Å². The molecule has 2 aromatic carbocycles. The van der Waals surface area contributed by atoms with E-state index in [1.54, 1.807) is 0 Å². The fourth-order valence-corrected chi connectivity index (χ4v) is 2.96. The van der Waals surface area contributed by atoms with Crippen molar-refractivity contribution < 1.29 is 31.1 Å². The van der Waals surface area contributed by atoms with Crippen molar-refractivity contribution in [2.75, 3.05) is 0 Å². The highest BCUT2D eigenvalue weighted by molar-refractivity contribution is 5.70. The Bertz CT molecular complexity index is 1330. The van der Waals surface area contributed by atoms with Crippen molar-refractivity contribution in [1.29, 1.82) is 0 Å². The molecule has 0 fully saturated rings. The van der Waals surface area contributed by atoms with Crippen LogP contribution < -0.4 is 10.3 Å². The van der Waals surface area contributed by atoms with Gasteiger partial charge in [0.05, 0.1) is 17.8 Å². The van der Waals surface area contributed by atoms with Crippen LogP contribution in [0.2, 0.25) is 0 Å². The van der Waals surface area contributed by atoms with E-state index in [0.717, 1.165) is 39.8 Å². The van der Waals surface area contributed by atoms with Crippen molar-refractivity contribution in [1.82, 2.24) is 24.5 Å². The first-order valence-electron chi connectivity index (χ1n) is 8.84. The van der Waals surface area contributed by atoms with Gasteiger partial charge in [0, 0.05) is 0 Å². The van der Waals surface area contributed by atoms with E-state index < -0.39 is 29.4 Å². The maximum absolute atomic E-state index is 12.9. The second-order valence-electron chi connectivity index (χ2n) is 6.59.